The maximum Gasteiger partial charge on any atom is 0.408 e. The minimum absolute atomic E-state index is 0.0605. The molecule has 0 spiro atoms. The first-order valence-electron chi connectivity index (χ1n) is 11.5. The molecule has 0 fully saturated rings. The van der Waals surface area contributed by atoms with Crippen molar-refractivity contribution in [3.8, 4) is 0 Å². The molecule has 194 valence electrons. The van der Waals surface area contributed by atoms with Gasteiger partial charge in [0.05, 0.1) is 7.11 Å². The van der Waals surface area contributed by atoms with Crippen molar-refractivity contribution in [3.63, 3.8) is 0 Å². The van der Waals surface area contributed by atoms with Crippen molar-refractivity contribution in [1.29, 1.82) is 0 Å². The summed E-state index contributed by atoms with van der Waals surface area (Å²) < 4.78 is 9.98. The molecule has 36 heavy (non-hydrogen) atoms. The van der Waals surface area contributed by atoms with Gasteiger partial charge in [-0.25, -0.2) is 9.59 Å². The Morgan fingerprint density at radius 3 is 2.00 bits per heavy atom. The van der Waals surface area contributed by atoms with Crippen molar-refractivity contribution in [2.45, 2.75) is 44.5 Å². The lowest BCUT2D eigenvalue weighted by atomic mass is 10.0. The number of carbonyl (C=O) groups excluding carboxylic acids is 4. The zero-order chi connectivity index (χ0) is 26.3. The van der Waals surface area contributed by atoms with Gasteiger partial charge in [0, 0.05) is 6.42 Å². The van der Waals surface area contributed by atoms with Crippen LogP contribution in [-0.4, -0.2) is 61.1 Å². The summed E-state index contributed by atoms with van der Waals surface area (Å²) >= 11 is 1.54. The second kappa shape index (κ2) is 15.5. The molecule has 0 bridgehead atoms. The van der Waals surface area contributed by atoms with E-state index in [1.807, 2.05) is 66.9 Å². The second-order valence-corrected chi connectivity index (χ2v) is 9.03. The molecular weight excluding hydrogens is 482 g/mol. The first-order chi connectivity index (χ1) is 17.3. The van der Waals surface area contributed by atoms with E-state index in [1.54, 1.807) is 0 Å². The predicted octanol–water partition coefficient (Wildman–Crippen LogP) is 2.44. The molecule has 0 heterocycles. The predicted molar refractivity (Wildman–Crippen MR) is 138 cm³/mol. The fraction of sp³-hybridized carbons (Fsp3) is 0.385. The molecule has 3 amide bonds. The molecule has 2 rings (SSSR count). The smallest absolute Gasteiger partial charge is 0.408 e. The number of ether oxygens (including phenoxy) is 2. The molecule has 0 radical (unpaired) electrons. The molecule has 3 atom stereocenters. The molecule has 2 aromatic rings. The van der Waals surface area contributed by atoms with E-state index in [-0.39, 0.29) is 13.0 Å². The van der Waals surface area contributed by atoms with E-state index in [4.69, 9.17) is 9.47 Å². The third-order valence-corrected chi connectivity index (χ3v) is 5.91. The van der Waals surface area contributed by atoms with E-state index >= 15 is 0 Å². The Morgan fingerprint density at radius 2 is 1.42 bits per heavy atom. The zero-order valence-electron chi connectivity index (χ0n) is 20.7. The van der Waals surface area contributed by atoms with Crippen LogP contribution in [0.5, 0.6) is 0 Å². The number of hydrogen-bond donors (Lipinski definition) is 3. The summed E-state index contributed by atoms with van der Waals surface area (Å²) in [5.41, 5.74) is 1.63. The molecule has 0 aromatic heterocycles. The van der Waals surface area contributed by atoms with E-state index in [0.717, 1.165) is 11.1 Å². The summed E-state index contributed by atoms with van der Waals surface area (Å²) in [6.45, 7) is 1.55. The molecule has 2 aromatic carbocycles. The van der Waals surface area contributed by atoms with Crippen LogP contribution >= 0.6 is 11.8 Å². The number of rotatable bonds is 13. The van der Waals surface area contributed by atoms with Crippen molar-refractivity contribution >= 4 is 35.6 Å². The lowest BCUT2D eigenvalue weighted by Gasteiger charge is -2.24. The quantitative estimate of drug-likeness (QED) is 0.350. The third kappa shape index (κ3) is 9.99. The molecule has 0 aliphatic rings. The Balaban J connectivity index is 2.03. The molecule has 0 aliphatic heterocycles. The molecule has 0 saturated carbocycles. The third-order valence-electron chi connectivity index (χ3n) is 5.27. The van der Waals surface area contributed by atoms with Gasteiger partial charge >= 0.3 is 12.1 Å². The minimum Gasteiger partial charge on any atom is -0.467 e. The average Bonchev–Trinajstić information content (AvgIpc) is 2.89. The van der Waals surface area contributed by atoms with Gasteiger partial charge in [-0.05, 0) is 36.5 Å². The van der Waals surface area contributed by atoms with Gasteiger partial charge in [0.1, 0.15) is 24.7 Å². The maximum absolute atomic E-state index is 13.1. The lowest BCUT2D eigenvalue weighted by Crippen LogP contribution is -2.56. The van der Waals surface area contributed by atoms with E-state index in [9.17, 15) is 19.2 Å². The van der Waals surface area contributed by atoms with Crippen LogP contribution in [0.15, 0.2) is 60.7 Å². The van der Waals surface area contributed by atoms with Crippen LogP contribution in [0, 0.1) is 0 Å². The number of hydrogen-bond acceptors (Lipinski definition) is 7. The number of benzene rings is 2. The maximum atomic E-state index is 13.1. The Hall–Kier alpha value is -3.53. The van der Waals surface area contributed by atoms with E-state index in [1.165, 1.54) is 25.8 Å². The summed E-state index contributed by atoms with van der Waals surface area (Å²) in [4.78, 5) is 50.3. The normalized spacial score (nSPS) is 13.0. The second-order valence-electron chi connectivity index (χ2n) is 8.04. The molecule has 0 unspecified atom stereocenters. The van der Waals surface area contributed by atoms with Gasteiger partial charge in [0.15, 0.2) is 0 Å². The monoisotopic (exact) mass is 515 g/mol. The first kappa shape index (κ1) is 28.7. The lowest BCUT2D eigenvalue weighted by molar-refractivity contribution is -0.145. The topological polar surface area (TPSA) is 123 Å². The fourth-order valence-corrected chi connectivity index (χ4v) is 3.73. The van der Waals surface area contributed by atoms with Gasteiger partial charge in [0.25, 0.3) is 0 Å². The van der Waals surface area contributed by atoms with Crippen molar-refractivity contribution in [3.05, 3.63) is 71.8 Å². The fourth-order valence-electron chi connectivity index (χ4n) is 3.26. The standard InChI is InChI=1S/C26H33N3O6S/c1-18(27-26(33)35-17-20-12-8-5-9-13-20)23(30)29-22(16-19-10-6-4-7-11-19)24(31)28-21(14-15-36-3)25(32)34-2/h4-13,18,21-22H,14-17H2,1-3H3,(H,27,33)(H,28,31)(H,29,30)/t18-,21-,22-/m0/s1. The van der Waals surface area contributed by atoms with Crippen molar-refractivity contribution < 1.29 is 28.7 Å². The van der Waals surface area contributed by atoms with Gasteiger partial charge < -0.3 is 25.4 Å². The number of methoxy groups -OCH3 is 1. The van der Waals surface area contributed by atoms with Crippen LogP contribution in [0.25, 0.3) is 0 Å². The zero-order valence-corrected chi connectivity index (χ0v) is 21.5. The SMILES string of the molecule is COC(=O)[C@H](CCSC)NC(=O)[C@H](Cc1ccccc1)NC(=O)[C@H](C)NC(=O)OCc1ccccc1. The Kier molecular flexibility index (Phi) is 12.3. The van der Waals surface area contributed by atoms with Crippen LogP contribution in [0.1, 0.15) is 24.5 Å². The number of esters is 1. The highest BCUT2D eigenvalue weighted by Crippen LogP contribution is 2.07. The van der Waals surface area contributed by atoms with E-state index < -0.39 is 42.0 Å². The number of amides is 3. The molecule has 0 aliphatic carbocycles. The summed E-state index contributed by atoms with van der Waals surface area (Å²) in [6.07, 6.45) is 1.72. The average molecular weight is 516 g/mol. The molecular formula is C26H33N3O6S. The molecule has 10 heteroatoms. The van der Waals surface area contributed by atoms with E-state index in [0.29, 0.717) is 12.2 Å². The highest BCUT2D eigenvalue weighted by molar-refractivity contribution is 7.98. The largest absolute Gasteiger partial charge is 0.467 e. The summed E-state index contributed by atoms with van der Waals surface area (Å²) in [5, 5.41) is 7.85. The Labute approximate surface area is 215 Å². The molecule has 0 saturated heterocycles. The number of carbonyl (C=O) groups is 4. The first-order valence-corrected chi connectivity index (χ1v) is 12.9. The summed E-state index contributed by atoms with van der Waals surface area (Å²) in [5.74, 6) is -1.01. The molecule has 9 nitrogen and oxygen atoms in total. The van der Waals surface area contributed by atoms with Crippen LogP contribution < -0.4 is 16.0 Å². The van der Waals surface area contributed by atoms with Crippen LogP contribution in [-0.2, 0) is 36.9 Å². The minimum atomic E-state index is -0.981. The van der Waals surface area contributed by atoms with E-state index in [2.05, 4.69) is 16.0 Å². The van der Waals surface area contributed by atoms with Gasteiger partial charge in [-0.2, -0.15) is 11.8 Å². The Bertz CT molecular complexity index is 990. The van der Waals surface area contributed by atoms with Crippen LogP contribution in [0.2, 0.25) is 0 Å². The summed E-state index contributed by atoms with van der Waals surface area (Å²) in [6, 6.07) is 15.5. The van der Waals surface area contributed by atoms with Gasteiger partial charge in [-0.15, -0.1) is 0 Å². The van der Waals surface area contributed by atoms with Crippen molar-refractivity contribution in [1.82, 2.24) is 16.0 Å². The Morgan fingerprint density at radius 1 is 0.833 bits per heavy atom. The van der Waals surface area contributed by atoms with Gasteiger partial charge in [0.2, 0.25) is 11.8 Å². The van der Waals surface area contributed by atoms with Crippen LogP contribution in [0.3, 0.4) is 0 Å². The molecule has 3 N–H and O–H groups in total. The number of nitrogens with one attached hydrogen (secondary N) is 3. The summed E-state index contributed by atoms with van der Waals surface area (Å²) in [7, 11) is 1.26. The highest BCUT2D eigenvalue weighted by atomic mass is 32.2. The number of alkyl carbamates (subject to hydrolysis) is 1. The van der Waals surface area contributed by atoms with Gasteiger partial charge in [-0.3, -0.25) is 9.59 Å². The highest BCUT2D eigenvalue weighted by Gasteiger charge is 2.29. The van der Waals surface area contributed by atoms with Gasteiger partial charge in [-0.1, -0.05) is 60.7 Å². The van der Waals surface area contributed by atoms with Crippen molar-refractivity contribution in [2.75, 3.05) is 19.1 Å². The number of thioether (sulfide) groups is 1. The van der Waals surface area contributed by atoms with Crippen LogP contribution in [0.4, 0.5) is 4.79 Å². The van der Waals surface area contributed by atoms with Crippen molar-refractivity contribution in [2.24, 2.45) is 0 Å².